The molecule has 0 bridgehead atoms. The topological polar surface area (TPSA) is 32.3 Å². The first-order chi connectivity index (χ1) is 9.75. The average molecular weight is 294 g/mol. The highest BCUT2D eigenvalue weighted by molar-refractivity contribution is 5.81. The fourth-order valence-corrected chi connectivity index (χ4v) is 4.14. The van der Waals surface area contributed by atoms with Crippen LogP contribution in [-0.2, 0) is 4.79 Å². The molecule has 1 aliphatic heterocycles. The van der Waals surface area contributed by atoms with E-state index >= 15 is 0 Å². The van der Waals surface area contributed by atoms with E-state index < -0.39 is 0 Å². The van der Waals surface area contributed by atoms with E-state index in [0.29, 0.717) is 18.0 Å². The maximum Gasteiger partial charge on any atom is 0.227 e. The molecule has 2 unspecified atom stereocenters. The third-order valence-corrected chi connectivity index (χ3v) is 5.07. The average Bonchev–Trinajstić information content (AvgIpc) is 2.36. The fourth-order valence-electron chi connectivity index (χ4n) is 4.14. The largest absolute Gasteiger partial charge is 0.342 e. The molecule has 3 heteroatoms. The highest BCUT2D eigenvalue weighted by Crippen LogP contribution is 2.29. The van der Waals surface area contributed by atoms with Gasteiger partial charge in [-0.2, -0.15) is 0 Å². The summed E-state index contributed by atoms with van der Waals surface area (Å²) in [6.45, 7) is 12.7. The first-order valence-electron chi connectivity index (χ1n) is 8.81. The van der Waals surface area contributed by atoms with Crippen LogP contribution in [-0.4, -0.2) is 36.0 Å². The van der Waals surface area contributed by atoms with Crippen molar-refractivity contribution in [2.75, 3.05) is 13.1 Å². The maximum atomic E-state index is 12.3. The molecule has 3 nitrogen and oxygen atoms in total. The SMILES string of the molecule is CC1CC(C)CC(NC2CCN(C(=O)C(C)(C)C)CC2)C1. The van der Waals surface area contributed by atoms with Gasteiger partial charge in [0.2, 0.25) is 5.91 Å². The first kappa shape index (κ1) is 16.8. The van der Waals surface area contributed by atoms with Crippen molar-refractivity contribution in [2.24, 2.45) is 17.3 Å². The molecule has 2 aliphatic rings. The number of nitrogens with one attached hydrogen (secondary N) is 1. The van der Waals surface area contributed by atoms with Gasteiger partial charge in [-0.15, -0.1) is 0 Å². The molecular formula is C18H34N2O. The van der Waals surface area contributed by atoms with Gasteiger partial charge in [-0.3, -0.25) is 4.79 Å². The summed E-state index contributed by atoms with van der Waals surface area (Å²) in [4.78, 5) is 14.4. The van der Waals surface area contributed by atoms with Crippen LogP contribution in [0.5, 0.6) is 0 Å². The van der Waals surface area contributed by atoms with Crippen molar-refractivity contribution in [1.82, 2.24) is 10.2 Å². The van der Waals surface area contributed by atoms with Gasteiger partial charge in [0.05, 0.1) is 0 Å². The quantitative estimate of drug-likeness (QED) is 0.846. The van der Waals surface area contributed by atoms with Crippen LogP contribution in [0.3, 0.4) is 0 Å². The minimum absolute atomic E-state index is 0.242. The van der Waals surface area contributed by atoms with E-state index in [4.69, 9.17) is 0 Å². The lowest BCUT2D eigenvalue weighted by molar-refractivity contribution is -0.140. The molecule has 2 atom stereocenters. The standard InChI is InChI=1S/C18H34N2O/c1-13-10-14(2)12-16(11-13)19-15-6-8-20(9-7-15)17(21)18(3,4)5/h13-16,19H,6-12H2,1-5H3. The summed E-state index contributed by atoms with van der Waals surface area (Å²) in [6.07, 6.45) is 6.26. The Morgan fingerprint density at radius 1 is 0.952 bits per heavy atom. The molecule has 0 aromatic rings. The Kier molecular flexibility index (Phi) is 5.34. The van der Waals surface area contributed by atoms with Crippen LogP contribution in [0.2, 0.25) is 0 Å². The molecule has 1 saturated heterocycles. The number of nitrogens with zero attached hydrogens (tertiary/aromatic N) is 1. The van der Waals surface area contributed by atoms with Crippen LogP contribution in [0.15, 0.2) is 0 Å². The molecule has 0 aromatic carbocycles. The Balaban J connectivity index is 1.78. The minimum atomic E-state index is -0.242. The first-order valence-corrected chi connectivity index (χ1v) is 8.81. The van der Waals surface area contributed by atoms with Gasteiger partial charge >= 0.3 is 0 Å². The number of hydrogen-bond donors (Lipinski definition) is 1. The smallest absolute Gasteiger partial charge is 0.227 e. The summed E-state index contributed by atoms with van der Waals surface area (Å²) in [5.41, 5.74) is -0.242. The number of amides is 1. The monoisotopic (exact) mass is 294 g/mol. The van der Waals surface area contributed by atoms with Crippen LogP contribution < -0.4 is 5.32 Å². The second-order valence-corrected chi connectivity index (χ2v) is 8.60. The number of carbonyl (C=O) groups excluding carboxylic acids is 1. The molecule has 0 aromatic heterocycles. The van der Waals surface area contributed by atoms with E-state index in [1.165, 1.54) is 19.3 Å². The lowest BCUT2D eigenvalue weighted by Gasteiger charge is -2.39. The van der Waals surface area contributed by atoms with Crippen LogP contribution >= 0.6 is 0 Å². The Bertz CT molecular complexity index is 343. The van der Waals surface area contributed by atoms with E-state index in [2.05, 4.69) is 24.1 Å². The second kappa shape index (κ2) is 6.68. The van der Waals surface area contributed by atoms with Gasteiger partial charge in [0, 0.05) is 30.6 Å². The van der Waals surface area contributed by atoms with Gasteiger partial charge < -0.3 is 10.2 Å². The molecule has 1 aliphatic carbocycles. The van der Waals surface area contributed by atoms with Crippen molar-refractivity contribution in [3.8, 4) is 0 Å². The molecule has 2 rings (SSSR count). The predicted molar refractivity (Wildman–Crippen MR) is 88.2 cm³/mol. The van der Waals surface area contributed by atoms with Crippen LogP contribution in [0.25, 0.3) is 0 Å². The molecule has 1 amide bonds. The zero-order valence-electron chi connectivity index (χ0n) is 14.6. The summed E-state index contributed by atoms with van der Waals surface area (Å²) < 4.78 is 0. The van der Waals surface area contributed by atoms with Crippen LogP contribution in [0.1, 0.15) is 66.7 Å². The van der Waals surface area contributed by atoms with Gasteiger partial charge in [0.1, 0.15) is 0 Å². The van der Waals surface area contributed by atoms with Crippen molar-refractivity contribution in [3.63, 3.8) is 0 Å². The van der Waals surface area contributed by atoms with E-state index in [0.717, 1.165) is 37.8 Å². The summed E-state index contributed by atoms with van der Waals surface area (Å²) in [7, 11) is 0. The molecule has 21 heavy (non-hydrogen) atoms. The second-order valence-electron chi connectivity index (χ2n) is 8.60. The van der Waals surface area contributed by atoms with Crippen molar-refractivity contribution < 1.29 is 4.79 Å². The highest BCUT2D eigenvalue weighted by Gasteiger charge is 2.32. The minimum Gasteiger partial charge on any atom is -0.342 e. The fraction of sp³-hybridized carbons (Fsp3) is 0.944. The zero-order valence-corrected chi connectivity index (χ0v) is 14.6. The molecule has 1 heterocycles. The summed E-state index contributed by atoms with van der Waals surface area (Å²) in [6, 6.07) is 1.30. The van der Waals surface area contributed by atoms with Crippen molar-refractivity contribution in [1.29, 1.82) is 0 Å². The Labute approximate surface area is 130 Å². The molecule has 122 valence electrons. The number of carbonyl (C=O) groups is 1. The Morgan fingerprint density at radius 2 is 1.48 bits per heavy atom. The molecular weight excluding hydrogens is 260 g/mol. The van der Waals surface area contributed by atoms with Crippen LogP contribution in [0, 0.1) is 17.3 Å². The third-order valence-electron chi connectivity index (χ3n) is 5.07. The van der Waals surface area contributed by atoms with E-state index in [1.54, 1.807) is 0 Å². The van der Waals surface area contributed by atoms with Gasteiger partial charge in [-0.25, -0.2) is 0 Å². The van der Waals surface area contributed by atoms with E-state index in [9.17, 15) is 4.79 Å². The predicted octanol–water partition coefficient (Wildman–Crippen LogP) is 3.44. The summed E-state index contributed by atoms with van der Waals surface area (Å²) in [5.74, 6) is 2.02. The van der Waals surface area contributed by atoms with Crippen molar-refractivity contribution >= 4 is 5.91 Å². The molecule has 0 radical (unpaired) electrons. The Morgan fingerprint density at radius 3 is 1.95 bits per heavy atom. The normalized spacial score (nSPS) is 32.2. The van der Waals surface area contributed by atoms with Crippen LogP contribution in [0.4, 0.5) is 0 Å². The van der Waals surface area contributed by atoms with Crippen molar-refractivity contribution in [2.45, 2.75) is 78.8 Å². The molecule has 0 spiro atoms. The van der Waals surface area contributed by atoms with E-state index in [1.807, 2.05) is 20.8 Å². The third kappa shape index (κ3) is 4.70. The van der Waals surface area contributed by atoms with Gasteiger partial charge in [0.25, 0.3) is 0 Å². The maximum absolute atomic E-state index is 12.3. The summed E-state index contributed by atoms with van der Waals surface area (Å²) >= 11 is 0. The number of rotatable bonds is 2. The van der Waals surface area contributed by atoms with Gasteiger partial charge in [-0.05, 0) is 43.9 Å². The van der Waals surface area contributed by atoms with Crippen molar-refractivity contribution in [3.05, 3.63) is 0 Å². The van der Waals surface area contributed by atoms with Gasteiger partial charge in [0.15, 0.2) is 0 Å². The lowest BCUT2D eigenvalue weighted by Crippen LogP contribution is -2.51. The number of likely N-dealkylation sites (tertiary alicyclic amines) is 1. The lowest BCUT2D eigenvalue weighted by atomic mass is 9.80. The van der Waals surface area contributed by atoms with Gasteiger partial charge in [-0.1, -0.05) is 34.6 Å². The number of piperidine rings is 1. The molecule has 2 fully saturated rings. The molecule has 1 saturated carbocycles. The zero-order chi connectivity index (χ0) is 15.6. The number of hydrogen-bond acceptors (Lipinski definition) is 2. The highest BCUT2D eigenvalue weighted by atomic mass is 16.2. The summed E-state index contributed by atoms with van der Waals surface area (Å²) in [5, 5.41) is 3.88. The molecule has 1 N–H and O–H groups in total. The Hall–Kier alpha value is -0.570. The van der Waals surface area contributed by atoms with E-state index in [-0.39, 0.29) is 5.41 Å².